The van der Waals surface area contributed by atoms with Gasteiger partial charge in [-0.2, -0.15) is 0 Å². The second kappa shape index (κ2) is 6.57. The molecule has 0 aliphatic heterocycles. The predicted molar refractivity (Wildman–Crippen MR) is 81.3 cm³/mol. The Bertz CT molecular complexity index is 535. The first-order valence-electron chi connectivity index (χ1n) is 6.37. The zero-order chi connectivity index (χ0) is 13.9. The zero-order valence-electron chi connectivity index (χ0n) is 10.5. The highest BCUT2D eigenvalue weighted by Gasteiger charge is 2.29. The first-order valence-corrected chi connectivity index (χ1v) is 9.35. The molecule has 1 aromatic rings. The van der Waals surface area contributed by atoms with Gasteiger partial charge in [0.2, 0.25) is 10.0 Å². The third kappa shape index (κ3) is 3.72. The summed E-state index contributed by atoms with van der Waals surface area (Å²) in [4.78, 5) is 0.163. The molecular formula is C13H17BrClNO2S. The fourth-order valence-corrected chi connectivity index (χ4v) is 5.11. The molecule has 6 heteroatoms. The van der Waals surface area contributed by atoms with Crippen molar-refractivity contribution in [3.63, 3.8) is 0 Å². The second-order valence-electron chi connectivity index (χ2n) is 4.86. The number of sulfonamides is 1. The Labute approximate surface area is 127 Å². The molecule has 1 aliphatic carbocycles. The lowest BCUT2D eigenvalue weighted by atomic mass is 9.87. The molecule has 2 atom stereocenters. The largest absolute Gasteiger partial charge is 0.242 e. The van der Waals surface area contributed by atoms with Crippen LogP contribution in [0.25, 0.3) is 0 Å². The Balaban J connectivity index is 2.19. The van der Waals surface area contributed by atoms with Crippen LogP contribution >= 0.6 is 27.5 Å². The summed E-state index contributed by atoms with van der Waals surface area (Å²) in [6.45, 7) is 0. The van der Waals surface area contributed by atoms with Crippen LogP contribution in [0.15, 0.2) is 29.2 Å². The van der Waals surface area contributed by atoms with Gasteiger partial charge in [-0.25, -0.2) is 13.1 Å². The Morgan fingerprint density at radius 1 is 1.26 bits per heavy atom. The van der Waals surface area contributed by atoms with Crippen LogP contribution in [0.4, 0.5) is 0 Å². The second-order valence-corrected chi connectivity index (χ2v) is 7.59. The average molecular weight is 367 g/mol. The maximum Gasteiger partial charge on any atom is 0.242 e. The van der Waals surface area contributed by atoms with E-state index < -0.39 is 10.0 Å². The lowest BCUT2D eigenvalue weighted by Gasteiger charge is -2.30. The molecule has 3 nitrogen and oxygen atoms in total. The highest BCUT2D eigenvalue weighted by atomic mass is 79.9. The van der Waals surface area contributed by atoms with Gasteiger partial charge in [-0.1, -0.05) is 52.5 Å². The topological polar surface area (TPSA) is 46.2 Å². The molecule has 1 N–H and O–H groups in total. The van der Waals surface area contributed by atoms with Crippen molar-refractivity contribution in [1.82, 2.24) is 4.72 Å². The van der Waals surface area contributed by atoms with E-state index in [2.05, 4.69) is 20.7 Å². The van der Waals surface area contributed by atoms with E-state index in [1.165, 1.54) is 12.5 Å². The van der Waals surface area contributed by atoms with Gasteiger partial charge in [0.15, 0.2) is 0 Å². The summed E-state index contributed by atoms with van der Waals surface area (Å²) < 4.78 is 27.6. The number of rotatable bonds is 4. The summed E-state index contributed by atoms with van der Waals surface area (Å²) in [5.41, 5.74) is 0. The maximum atomic E-state index is 12.4. The van der Waals surface area contributed by atoms with E-state index in [1.54, 1.807) is 18.2 Å². The summed E-state index contributed by atoms with van der Waals surface area (Å²) in [5, 5.41) is 1.09. The fraction of sp³-hybridized carbons (Fsp3) is 0.538. The summed E-state index contributed by atoms with van der Waals surface area (Å²) >= 11 is 9.44. The van der Waals surface area contributed by atoms with E-state index >= 15 is 0 Å². The number of benzene rings is 1. The van der Waals surface area contributed by atoms with Crippen LogP contribution < -0.4 is 4.72 Å². The van der Waals surface area contributed by atoms with E-state index in [-0.39, 0.29) is 16.0 Å². The van der Waals surface area contributed by atoms with Crippen molar-refractivity contribution in [2.45, 2.75) is 36.6 Å². The molecule has 1 aromatic carbocycles. The third-order valence-corrected chi connectivity index (χ3v) is 6.36. The zero-order valence-corrected chi connectivity index (χ0v) is 13.6. The van der Waals surface area contributed by atoms with Gasteiger partial charge < -0.3 is 0 Å². The lowest BCUT2D eigenvalue weighted by molar-refractivity contribution is 0.316. The number of alkyl halides is 1. The van der Waals surface area contributed by atoms with Gasteiger partial charge in [0.25, 0.3) is 0 Å². The van der Waals surface area contributed by atoms with Crippen molar-refractivity contribution in [2.24, 2.45) is 5.92 Å². The highest BCUT2D eigenvalue weighted by Crippen LogP contribution is 2.28. The quantitative estimate of drug-likeness (QED) is 0.828. The van der Waals surface area contributed by atoms with Gasteiger partial charge >= 0.3 is 0 Å². The molecule has 1 saturated carbocycles. The van der Waals surface area contributed by atoms with Crippen LogP contribution in [0.5, 0.6) is 0 Å². The van der Waals surface area contributed by atoms with E-state index in [4.69, 9.17) is 11.6 Å². The summed E-state index contributed by atoms with van der Waals surface area (Å²) in [7, 11) is -3.54. The fourth-order valence-electron chi connectivity index (χ4n) is 2.47. The molecule has 1 aliphatic rings. The Kier molecular flexibility index (Phi) is 5.29. The van der Waals surface area contributed by atoms with Gasteiger partial charge in [-0.05, 0) is 30.9 Å². The third-order valence-electron chi connectivity index (χ3n) is 3.54. The van der Waals surface area contributed by atoms with Crippen LogP contribution in [-0.2, 0) is 10.0 Å². The molecule has 0 bridgehead atoms. The molecule has 0 radical (unpaired) electrons. The number of hydrogen-bond acceptors (Lipinski definition) is 2. The smallest absolute Gasteiger partial charge is 0.208 e. The van der Waals surface area contributed by atoms with Crippen LogP contribution in [0.2, 0.25) is 5.02 Å². The van der Waals surface area contributed by atoms with E-state index in [0.29, 0.717) is 5.92 Å². The standard InChI is InChI=1S/C13H17BrClNO2S/c14-9-10-5-1-3-7-12(10)16-19(17,18)13-8-4-2-6-11(13)15/h2,4,6,8,10,12,16H,1,3,5,7,9H2. The minimum Gasteiger partial charge on any atom is -0.208 e. The van der Waals surface area contributed by atoms with Crippen molar-refractivity contribution in [3.8, 4) is 0 Å². The number of nitrogens with one attached hydrogen (secondary N) is 1. The van der Waals surface area contributed by atoms with Crippen molar-refractivity contribution in [2.75, 3.05) is 5.33 Å². The van der Waals surface area contributed by atoms with Gasteiger partial charge in [0.1, 0.15) is 4.90 Å². The van der Waals surface area contributed by atoms with E-state index in [0.717, 1.165) is 24.6 Å². The van der Waals surface area contributed by atoms with Crippen LogP contribution in [0, 0.1) is 5.92 Å². The van der Waals surface area contributed by atoms with Crippen LogP contribution in [0.3, 0.4) is 0 Å². The lowest BCUT2D eigenvalue weighted by Crippen LogP contribution is -2.42. The van der Waals surface area contributed by atoms with Gasteiger partial charge in [-0.3, -0.25) is 0 Å². The molecule has 0 spiro atoms. The normalized spacial score (nSPS) is 24.3. The summed E-state index contributed by atoms with van der Waals surface area (Å²) in [6, 6.07) is 6.54. The Morgan fingerprint density at radius 3 is 2.63 bits per heavy atom. The number of hydrogen-bond donors (Lipinski definition) is 1. The first kappa shape index (κ1) is 15.3. The summed E-state index contributed by atoms with van der Waals surface area (Å²) in [6.07, 6.45) is 4.18. The Morgan fingerprint density at radius 2 is 1.95 bits per heavy atom. The summed E-state index contributed by atoms with van der Waals surface area (Å²) in [5.74, 6) is 0.353. The molecule has 2 rings (SSSR count). The van der Waals surface area contributed by atoms with Crippen molar-refractivity contribution < 1.29 is 8.42 Å². The highest BCUT2D eigenvalue weighted by molar-refractivity contribution is 9.09. The molecule has 0 saturated heterocycles. The SMILES string of the molecule is O=S(=O)(NC1CCCCC1CBr)c1ccccc1Cl. The van der Waals surface area contributed by atoms with E-state index in [1.807, 2.05) is 0 Å². The molecule has 0 amide bonds. The molecule has 19 heavy (non-hydrogen) atoms. The van der Waals surface area contributed by atoms with Crippen LogP contribution in [-0.4, -0.2) is 19.8 Å². The monoisotopic (exact) mass is 365 g/mol. The molecule has 0 aromatic heterocycles. The van der Waals surface area contributed by atoms with Crippen LogP contribution in [0.1, 0.15) is 25.7 Å². The predicted octanol–water partition coefficient (Wildman–Crippen LogP) is 3.57. The molecule has 2 unspecified atom stereocenters. The molecule has 0 heterocycles. The minimum absolute atomic E-state index is 0.00519. The van der Waals surface area contributed by atoms with Crippen molar-refractivity contribution in [1.29, 1.82) is 0 Å². The minimum atomic E-state index is -3.54. The molecule has 1 fully saturated rings. The van der Waals surface area contributed by atoms with E-state index in [9.17, 15) is 8.42 Å². The first-order chi connectivity index (χ1) is 9.04. The van der Waals surface area contributed by atoms with Gasteiger partial charge in [-0.15, -0.1) is 0 Å². The van der Waals surface area contributed by atoms with Crippen molar-refractivity contribution in [3.05, 3.63) is 29.3 Å². The number of halogens is 2. The molecule has 106 valence electrons. The van der Waals surface area contributed by atoms with Gasteiger partial charge in [0, 0.05) is 11.4 Å². The maximum absolute atomic E-state index is 12.4. The average Bonchev–Trinajstić information content (AvgIpc) is 2.39. The molecular weight excluding hydrogens is 350 g/mol. The van der Waals surface area contributed by atoms with Crippen molar-refractivity contribution >= 4 is 37.6 Å². The van der Waals surface area contributed by atoms with Gasteiger partial charge in [0.05, 0.1) is 5.02 Å². The Hall–Kier alpha value is -0.100.